The second-order valence-corrected chi connectivity index (χ2v) is 5.97. The summed E-state index contributed by atoms with van der Waals surface area (Å²) in [5, 5.41) is 0. The molecule has 1 saturated heterocycles. The van der Waals surface area contributed by atoms with Crippen molar-refractivity contribution in [2.45, 2.75) is 44.8 Å². The quantitative estimate of drug-likeness (QED) is 0.599. The molecule has 1 aliphatic rings. The molecule has 2 rings (SSSR count). The molecule has 0 amide bonds. The fourth-order valence-electron chi connectivity index (χ4n) is 2.69. The molecular weight excluding hydrogens is 327 g/mol. The highest BCUT2D eigenvalue weighted by Crippen LogP contribution is 2.59. The average Bonchev–Trinajstić information content (AvgIpc) is 3.01. The molecule has 0 radical (unpaired) electrons. The third-order valence-electron chi connectivity index (χ3n) is 3.76. The standard InChI is InChI=1S/C15H18BrFO3/c1-4-8-15(13(18)19-5-2)14(3,20-15)11-9-10(16)6-7-12(11)17/h6-7,9H,4-5,8H2,1-3H3. The molecule has 0 N–H and O–H groups in total. The van der Waals surface area contributed by atoms with Crippen molar-refractivity contribution in [2.24, 2.45) is 0 Å². The fraction of sp³-hybridized carbons (Fsp3) is 0.533. The average molecular weight is 345 g/mol. The molecule has 0 saturated carbocycles. The minimum atomic E-state index is -1.07. The van der Waals surface area contributed by atoms with Crippen molar-refractivity contribution in [1.82, 2.24) is 0 Å². The molecule has 1 heterocycles. The molecule has 2 atom stereocenters. The van der Waals surface area contributed by atoms with Gasteiger partial charge < -0.3 is 9.47 Å². The Morgan fingerprint density at radius 3 is 2.75 bits per heavy atom. The van der Waals surface area contributed by atoms with Crippen LogP contribution in [0, 0.1) is 5.82 Å². The number of benzene rings is 1. The van der Waals surface area contributed by atoms with Crippen LogP contribution in [0.1, 0.15) is 39.2 Å². The largest absolute Gasteiger partial charge is 0.464 e. The van der Waals surface area contributed by atoms with E-state index in [0.29, 0.717) is 12.0 Å². The first-order valence-corrected chi connectivity index (χ1v) is 7.53. The third-order valence-corrected chi connectivity index (χ3v) is 4.25. The van der Waals surface area contributed by atoms with Crippen molar-refractivity contribution in [2.75, 3.05) is 6.61 Å². The minimum Gasteiger partial charge on any atom is -0.464 e. The number of carbonyl (C=O) groups is 1. The van der Waals surface area contributed by atoms with E-state index >= 15 is 0 Å². The van der Waals surface area contributed by atoms with Gasteiger partial charge >= 0.3 is 5.97 Å². The minimum absolute atomic E-state index is 0.282. The van der Waals surface area contributed by atoms with Gasteiger partial charge in [-0.3, -0.25) is 0 Å². The number of ether oxygens (including phenoxy) is 2. The van der Waals surface area contributed by atoms with Crippen LogP contribution in [-0.2, 0) is 19.9 Å². The molecule has 0 aromatic heterocycles. The Labute approximate surface area is 126 Å². The Bertz CT molecular complexity index is 534. The van der Waals surface area contributed by atoms with Crippen molar-refractivity contribution >= 4 is 21.9 Å². The maximum Gasteiger partial charge on any atom is 0.341 e. The number of esters is 1. The van der Waals surface area contributed by atoms with Gasteiger partial charge in [0, 0.05) is 10.0 Å². The van der Waals surface area contributed by atoms with E-state index in [9.17, 15) is 9.18 Å². The van der Waals surface area contributed by atoms with E-state index in [-0.39, 0.29) is 12.4 Å². The zero-order valence-electron chi connectivity index (χ0n) is 11.8. The van der Waals surface area contributed by atoms with Gasteiger partial charge in [0.1, 0.15) is 11.4 Å². The highest BCUT2D eigenvalue weighted by atomic mass is 79.9. The molecule has 0 aliphatic carbocycles. The van der Waals surface area contributed by atoms with Gasteiger partial charge in [-0.2, -0.15) is 0 Å². The number of halogens is 2. The lowest BCUT2D eigenvalue weighted by Crippen LogP contribution is -2.33. The summed E-state index contributed by atoms with van der Waals surface area (Å²) in [6, 6.07) is 4.65. The smallest absolute Gasteiger partial charge is 0.341 e. The van der Waals surface area contributed by atoms with Gasteiger partial charge in [-0.05, 0) is 38.5 Å². The van der Waals surface area contributed by atoms with Crippen LogP contribution in [0.25, 0.3) is 0 Å². The van der Waals surface area contributed by atoms with Crippen molar-refractivity contribution < 1.29 is 18.7 Å². The first-order chi connectivity index (χ1) is 9.41. The van der Waals surface area contributed by atoms with Crippen molar-refractivity contribution in [1.29, 1.82) is 0 Å². The Hall–Kier alpha value is -0.940. The predicted molar refractivity (Wildman–Crippen MR) is 76.8 cm³/mol. The highest BCUT2D eigenvalue weighted by molar-refractivity contribution is 9.10. The van der Waals surface area contributed by atoms with E-state index in [0.717, 1.165) is 10.9 Å². The van der Waals surface area contributed by atoms with Gasteiger partial charge in [0.15, 0.2) is 5.60 Å². The lowest BCUT2D eigenvalue weighted by atomic mass is 9.84. The SMILES string of the molecule is CCCC1(C(=O)OCC)OC1(C)c1cc(Br)ccc1F. The number of epoxide rings is 1. The third kappa shape index (κ3) is 2.27. The lowest BCUT2D eigenvalue weighted by Gasteiger charge is -2.16. The lowest BCUT2D eigenvalue weighted by molar-refractivity contribution is -0.149. The second kappa shape index (κ2) is 5.45. The molecule has 0 bridgehead atoms. The van der Waals surface area contributed by atoms with E-state index in [1.165, 1.54) is 6.07 Å². The molecule has 0 spiro atoms. The summed E-state index contributed by atoms with van der Waals surface area (Å²) in [7, 11) is 0. The van der Waals surface area contributed by atoms with Crippen LogP contribution in [0.4, 0.5) is 4.39 Å². The Kier molecular flexibility index (Phi) is 4.21. The van der Waals surface area contributed by atoms with Gasteiger partial charge in [-0.25, -0.2) is 9.18 Å². The number of carbonyl (C=O) groups excluding carboxylic acids is 1. The molecule has 1 aromatic rings. The van der Waals surface area contributed by atoms with Gasteiger partial charge in [-0.1, -0.05) is 29.3 Å². The summed E-state index contributed by atoms with van der Waals surface area (Å²) in [5.74, 6) is -0.790. The van der Waals surface area contributed by atoms with Crippen LogP contribution < -0.4 is 0 Å². The summed E-state index contributed by atoms with van der Waals surface area (Å²) in [4.78, 5) is 12.2. The van der Waals surface area contributed by atoms with Crippen LogP contribution in [0.3, 0.4) is 0 Å². The van der Waals surface area contributed by atoms with Gasteiger partial charge in [0.2, 0.25) is 0 Å². The van der Waals surface area contributed by atoms with E-state index < -0.39 is 17.2 Å². The monoisotopic (exact) mass is 344 g/mol. The molecule has 1 aromatic carbocycles. The second-order valence-electron chi connectivity index (χ2n) is 5.06. The molecule has 1 aliphatic heterocycles. The number of hydrogen-bond donors (Lipinski definition) is 0. The molecule has 1 fully saturated rings. The molecule has 3 nitrogen and oxygen atoms in total. The summed E-state index contributed by atoms with van der Waals surface area (Å²) in [5.41, 5.74) is -1.66. The zero-order chi connectivity index (χ0) is 15.0. The van der Waals surface area contributed by atoms with Gasteiger partial charge in [-0.15, -0.1) is 0 Å². The summed E-state index contributed by atoms with van der Waals surface area (Å²) in [6.07, 6.45) is 1.26. The number of rotatable bonds is 5. The maximum absolute atomic E-state index is 14.1. The molecule has 110 valence electrons. The fourth-order valence-corrected chi connectivity index (χ4v) is 3.05. The van der Waals surface area contributed by atoms with Gasteiger partial charge in [0.25, 0.3) is 0 Å². The first kappa shape index (κ1) is 15.4. The Morgan fingerprint density at radius 2 is 2.15 bits per heavy atom. The van der Waals surface area contributed by atoms with Crippen LogP contribution in [0.2, 0.25) is 0 Å². The van der Waals surface area contributed by atoms with Crippen LogP contribution >= 0.6 is 15.9 Å². The summed E-state index contributed by atoms with van der Waals surface area (Å²) >= 11 is 3.32. The molecule has 20 heavy (non-hydrogen) atoms. The van der Waals surface area contributed by atoms with Crippen LogP contribution in [-0.4, -0.2) is 18.2 Å². The topological polar surface area (TPSA) is 38.8 Å². The summed E-state index contributed by atoms with van der Waals surface area (Å²) in [6.45, 7) is 5.73. The molecule has 5 heteroatoms. The normalized spacial score (nSPS) is 28.2. The van der Waals surface area contributed by atoms with Crippen molar-refractivity contribution in [3.63, 3.8) is 0 Å². The summed E-state index contributed by atoms with van der Waals surface area (Å²) < 4.78 is 25.7. The number of hydrogen-bond acceptors (Lipinski definition) is 3. The van der Waals surface area contributed by atoms with E-state index in [4.69, 9.17) is 9.47 Å². The van der Waals surface area contributed by atoms with Crippen molar-refractivity contribution in [3.8, 4) is 0 Å². The zero-order valence-corrected chi connectivity index (χ0v) is 13.4. The Balaban J connectivity index is 2.40. The van der Waals surface area contributed by atoms with E-state index in [1.54, 1.807) is 26.0 Å². The predicted octanol–water partition coefficient (Wildman–Crippen LogP) is 3.94. The van der Waals surface area contributed by atoms with Gasteiger partial charge in [0.05, 0.1) is 6.61 Å². The highest BCUT2D eigenvalue weighted by Gasteiger charge is 2.73. The van der Waals surface area contributed by atoms with Crippen LogP contribution in [0.5, 0.6) is 0 Å². The molecule has 2 unspecified atom stereocenters. The molecular formula is C15H18BrFO3. The first-order valence-electron chi connectivity index (χ1n) is 6.74. The maximum atomic E-state index is 14.1. The van der Waals surface area contributed by atoms with Crippen LogP contribution in [0.15, 0.2) is 22.7 Å². The van der Waals surface area contributed by atoms with E-state index in [2.05, 4.69) is 15.9 Å². The Morgan fingerprint density at radius 1 is 1.45 bits per heavy atom. The van der Waals surface area contributed by atoms with Crippen molar-refractivity contribution in [3.05, 3.63) is 34.1 Å². The van der Waals surface area contributed by atoms with E-state index in [1.807, 2.05) is 6.92 Å².